The molecule has 2 N–H and O–H groups in total. The number of carbonyl (C=O) groups excluding carboxylic acids is 2. The van der Waals surface area contributed by atoms with Gasteiger partial charge in [0.05, 0.1) is 25.2 Å². The average molecular weight is 303 g/mol. The Hall–Kier alpha value is -1.30. The molecule has 0 aromatic rings. The summed E-state index contributed by atoms with van der Waals surface area (Å²) in [5, 5.41) is 12.8. The molecule has 0 rings (SSSR count). The number of nitrogens with one attached hydrogen (secondary N) is 1. The van der Waals surface area contributed by atoms with Gasteiger partial charge in [0.1, 0.15) is 5.60 Å². The maximum absolute atomic E-state index is 11.8. The van der Waals surface area contributed by atoms with E-state index in [-0.39, 0.29) is 18.9 Å². The summed E-state index contributed by atoms with van der Waals surface area (Å²) in [6, 6.07) is -0.561. The normalized spacial score (nSPS) is 15.8. The van der Waals surface area contributed by atoms with Crippen molar-refractivity contribution < 1.29 is 24.2 Å². The van der Waals surface area contributed by atoms with Crippen molar-refractivity contribution in [2.24, 2.45) is 5.92 Å². The van der Waals surface area contributed by atoms with Gasteiger partial charge in [-0.25, -0.2) is 4.79 Å². The number of aliphatic hydroxyl groups is 1. The Labute approximate surface area is 127 Å². The summed E-state index contributed by atoms with van der Waals surface area (Å²) in [6.07, 6.45) is -1.01. The van der Waals surface area contributed by atoms with Crippen molar-refractivity contribution >= 4 is 12.1 Å². The fraction of sp³-hybridized carbons (Fsp3) is 0.867. The summed E-state index contributed by atoms with van der Waals surface area (Å²) in [5.41, 5.74) is -0.615. The molecule has 0 radical (unpaired) electrons. The zero-order chi connectivity index (χ0) is 16.6. The Morgan fingerprint density at radius 3 is 2.24 bits per heavy atom. The zero-order valence-electron chi connectivity index (χ0n) is 13.9. The molecule has 0 saturated carbocycles. The maximum atomic E-state index is 11.8. The molecule has 124 valence electrons. The molecule has 3 atom stereocenters. The molecule has 0 saturated heterocycles. The van der Waals surface area contributed by atoms with Gasteiger partial charge in [-0.15, -0.1) is 0 Å². The van der Waals surface area contributed by atoms with Crippen LogP contribution in [0.3, 0.4) is 0 Å². The number of carbonyl (C=O) groups is 2. The lowest BCUT2D eigenvalue weighted by Crippen LogP contribution is -2.49. The van der Waals surface area contributed by atoms with Crippen molar-refractivity contribution in [1.29, 1.82) is 0 Å². The van der Waals surface area contributed by atoms with Crippen molar-refractivity contribution in [3.8, 4) is 0 Å². The van der Waals surface area contributed by atoms with Crippen LogP contribution >= 0.6 is 0 Å². The van der Waals surface area contributed by atoms with Crippen molar-refractivity contribution in [1.82, 2.24) is 5.32 Å². The summed E-state index contributed by atoms with van der Waals surface area (Å²) in [4.78, 5) is 23.3. The van der Waals surface area contributed by atoms with Gasteiger partial charge in [0, 0.05) is 0 Å². The molecule has 0 aliphatic carbocycles. The van der Waals surface area contributed by atoms with E-state index in [9.17, 15) is 14.7 Å². The molecule has 0 aliphatic rings. The second-order valence-corrected chi connectivity index (χ2v) is 6.13. The lowest BCUT2D eigenvalue weighted by Gasteiger charge is -2.30. The smallest absolute Gasteiger partial charge is 0.407 e. The van der Waals surface area contributed by atoms with E-state index >= 15 is 0 Å². The highest BCUT2D eigenvalue weighted by Crippen LogP contribution is 2.16. The first-order valence-electron chi connectivity index (χ1n) is 7.43. The lowest BCUT2D eigenvalue weighted by molar-refractivity contribution is -0.146. The molecule has 6 heteroatoms. The number of ether oxygens (including phenoxy) is 2. The van der Waals surface area contributed by atoms with Gasteiger partial charge in [0.2, 0.25) is 0 Å². The molecular formula is C15H29NO5. The molecule has 0 unspecified atom stereocenters. The molecule has 0 aromatic carbocycles. The molecule has 21 heavy (non-hydrogen) atoms. The molecule has 6 nitrogen and oxygen atoms in total. The first kappa shape index (κ1) is 19.7. The monoisotopic (exact) mass is 303 g/mol. The third kappa shape index (κ3) is 8.55. The van der Waals surface area contributed by atoms with Crippen molar-refractivity contribution in [3.63, 3.8) is 0 Å². The molecule has 1 amide bonds. The van der Waals surface area contributed by atoms with Crippen LogP contribution in [0.2, 0.25) is 0 Å². The highest BCUT2D eigenvalue weighted by atomic mass is 16.6. The van der Waals surface area contributed by atoms with Gasteiger partial charge in [-0.3, -0.25) is 4.79 Å². The van der Waals surface area contributed by atoms with E-state index in [0.29, 0.717) is 0 Å². The second kappa shape index (κ2) is 8.87. The van der Waals surface area contributed by atoms with Gasteiger partial charge >= 0.3 is 12.1 Å². The predicted molar refractivity (Wildman–Crippen MR) is 79.9 cm³/mol. The third-order valence-corrected chi connectivity index (χ3v) is 3.04. The largest absolute Gasteiger partial charge is 0.466 e. The number of rotatable bonds is 7. The van der Waals surface area contributed by atoms with Gasteiger partial charge < -0.3 is 19.9 Å². The summed E-state index contributed by atoms with van der Waals surface area (Å²) in [5.74, 6) is -0.480. The Morgan fingerprint density at radius 2 is 1.81 bits per heavy atom. The summed E-state index contributed by atoms with van der Waals surface area (Å²) in [6.45, 7) is 11.1. The first-order valence-corrected chi connectivity index (χ1v) is 7.43. The quantitative estimate of drug-likeness (QED) is 0.705. The molecule has 0 spiro atoms. The Morgan fingerprint density at radius 1 is 1.24 bits per heavy atom. The van der Waals surface area contributed by atoms with Gasteiger partial charge in [-0.1, -0.05) is 20.3 Å². The van der Waals surface area contributed by atoms with Crippen LogP contribution in [0.5, 0.6) is 0 Å². The lowest BCUT2D eigenvalue weighted by atomic mass is 9.93. The topological polar surface area (TPSA) is 84.9 Å². The molecule has 0 bridgehead atoms. The molecule has 0 aromatic heterocycles. The number of hydrogen-bond donors (Lipinski definition) is 2. The number of esters is 1. The highest BCUT2D eigenvalue weighted by molar-refractivity contribution is 5.71. The number of alkyl carbamates (subject to hydrolysis) is 1. The van der Waals surface area contributed by atoms with Gasteiger partial charge in [-0.2, -0.15) is 0 Å². The molecule has 0 aliphatic heterocycles. The molecule has 0 heterocycles. The fourth-order valence-corrected chi connectivity index (χ4v) is 1.83. The van der Waals surface area contributed by atoms with Crippen LogP contribution in [0.25, 0.3) is 0 Å². The molecular weight excluding hydrogens is 274 g/mol. The van der Waals surface area contributed by atoms with Gasteiger partial charge in [0.25, 0.3) is 0 Å². The van der Waals surface area contributed by atoms with E-state index in [1.54, 1.807) is 27.7 Å². The number of amides is 1. The standard InChI is InChI=1S/C15H29NO5/c1-7-10(3)13(11(17)9-12(18)20-8-2)16-14(19)21-15(4,5)6/h10-11,13,17H,7-9H2,1-6H3,(H,16,19)/t10-,11+,13+/m1/s1. The van der Waals surface area contributed by atoms with E-state index in [0.717, 1.165) is 6.42 Å². The first-order chi connectivity index (χ1) is 9.60. The van der Waals surface area contributed by atoms with Crippen LogP contribution in [0.15, 0.2) is 0 Å². The zero-order valence-corrected chi connectivity index (χ0v) is 13.9. The SMILES string of the molecule is CCOC(=O)C[C@H](O)[C@@H](NC(=O)OC(C)(C)C)[C@H](C)CC. The maximum Gasteiger partial charge on any atom is 0.407 e. The van der Waals surface area contributed by atoms with Crippen LogP contribution in [0.4, 0.5) is 4.79 Å². The van der Waals surface area contributed by atoms with Gasteiger partial charge in [0.15, 0.2) is 0 Å². The Balaban J connectivity index is 4.72. The minimum Gasteiger partial charge on any atom is -0.466 e. The fourth-order valence-electron chi connectivity index (χ4n) is 1.83. The van der Waals surface area contributed by atoms with Crippen LogP contribution < -0.4 is 5.32 Å². The van der Waals surface area contributed by atoms with Crippen molar-refractivity contribution in [2.75, 3.05) is 6.61 Å². The highest BCUT2D eigenvalue weighted by Gasteiger charge is 2.30. The Kier molecular flexibility index (Phi) is 8.32. The number of hydrogen-bond acceptors (Lipinski definition) is 5. The van der Waals surface area contributed by atoms with E-state index in [4.69, 9.17) is 9.47 Å². The van der Waals surface area contributed by atoms with Crippen LogP contribution in [0.1, 0.15) is 54.4 Å². The van der Waals surface area contributed by atoms with Crippen LogP contribution in [-0.4, -0.2) is 41.5 Å². The van der Waals surface area contributed by atoms with Crippen LogP contribution in [0, 0.1) is 5.92 Å². The van der Waals surface area contributed by atoms with Crippen LogP contribution in [-0.2, 0) is 14.3 Å². The summed E-state index contributed by atoms with van der Waals surface area (Å²) >= 11 is 0. The van der Waals surface area contributed by atoms with Gasteiger partial charge in [-0.05, 0) is 33.6 Å². The predicted octanol–water partition coefficient (Wildman–Crippen LogP) is 2.24. The average Bonchev–Trinajstić information content (AvgIpc) is 2.32. The Bertz CT molecular complexity index is 337. The number of aliphatic hydroxyl groups excluding tert-OH is 1. The minimum atomic E-state index is -1.01. The van der Waals surface area contributed by atoms with Crippen molar-refractivity contribution in [3.05, 3.63) is 0 Å². The summed E-state index contributed by atoms with van der Waals surface area (Å²) < 4.78 is 10.0. The summed E-state index contributed by atoms with van der Waals surface area (Å²) in [7, 11) is 0. The molecule has 0 fully saturated rings. The van der Waals surface area contributed by atoms with E-state index in [1.807, 2.05) is 13.8 Å². The third-order valence-electron chi connectivity index (χ3n) is 3.04. The van der Waals surface area contributed by atoms with E-state index in [1.165, 1.54) is 0 Å². The van der Waals surface area contributed by atoms with E-state index < -0.39 is 29.8 Å². The van der Waals surface area contributed by atoms with E-state index in [2.05, 4.69) is 5.32 Å². The minimum absolute atomic E-state index is 0.00180. The van der Waals surface area contributed by atoms with Crippen molar-refractivity contribution in [2.45, 2.75) is 72.1 Å². The second-order valence-electron chi connectivity index (χ2n) is 6.13.